The molecule has 26 heavy (non-hydrogen) atoms. The summed E-state index contributed by atoms with van der Waals surface area (Å²) in [6, 6.07) is 13.4. The highest BCUT2D eigenvalue weighted by atomic mass is 16.3. The number of aromatic hydroxyl groups is 2. The lowest BCUT2D eigenvalue weighted by molar-refractivity contribution is -0.138. The van der Waals surface area contributed by atoms with Gasteiger partial charge in [-0.2, -0.15) is 0 Å². The number of phenolic OH excluding ortho intramolecular Hbond substituents is 2. The van der Waals surface area contributed by atoms with Gasteiger partial charge in [0.15, 0.2) is 11.5 Å². The van der Waals surface area contributed by atoms with Crippen LogP contribution in [0.25, 0.3) is 0 Å². The summed E-state index contributed by atoms with van der Waals surface area (Å²) in [6.45, 7) is 0.813. The van der Waals surface area contributed by atoms with Gasteiger partial charge in [0.1, 0.15) is 6.04 Å². The van der Waals surface area contributed by atoms with Gasteiger partial charge in [0.25, 0.3) is 0 Å². The third-order valence-electron chi connectivity index (χ3n) is 4.58. The zero-order chi connectivity index (χ0) is 18.5. The zero-order valence-corrected chi connectivity index (χ0v) is 14.4. The Kier molecular flexibility index (Phi) is 5.41. The van der Waals surface area contributed by atoms with Crippen LogP contribution in [0.4, 0.5) is 0 Å². The van der Waals surface area contributed by atoms with Gasteiger partial charge in [0.2, 0.25) is 11.8 Å². The highest BCUT2D eigenvalue weighted by molar-refractivity contribution is 5.89. The first-order valence-corrected chi connectivity index (χ1v) is 8.66. The Morgan fingerprint density at radius 2 is 1.81 bits per heavy atom. The number of carbonyl (C=O) groups is 2. The molecule has 6 nitrogen and oxygen atoms in total. The van der Waals surface area contributed by atoms with Crippen LogP contribution in [0.2, 0.25) is 0 Å². The maximum atomic E-state index is 12.6. The number of hydrogen-bond acceptors (Lipinski definition) is 4. The lowest BCUT2D eigenvalue weighted by atomic mass is 10.1. The molecule has 136 valence electrons. The molecule has 1 saturated heterocycles. The summed E-state index contributed by atoms with van der Waals surface area (Å²) in [5.41, 5.74) is 1.61. The van der Waals surface area contributed by atoms with Crippen molar-refractivity contribution in [2.45, 2.75) is 31.8 Å². The van der Waals surface area contributed by atoms with Crippen molar-refractivity contribution in [1.29, 1.82) is 0 Å². The van der Waals surface area contributed by atoms with Crippen LogP contribution < -0.4 is 5.32 Å². The number of likely N-dealkylation sites (tertiary alicyclic amines) is 1. The maximum absolute atomic E-state index is 12.6. The van der Waals surface area contributed by atoms with E-state index in [-0.39, 0.29) is 36.3 Å². The first-order valence-electron chi connectivity index (χ1n) is 8.66. The average molecular weight is 354 g/mol. The first kappa shape index (κ1) is 17.8. The zero-order valence-electron chi connectivity index (χ0n) is 14.4. The molecule has 1 unspecified atom stereocenters. The minimum Gasteiger partial charge on any atom is -0.504 e. The molecule has 0 bridgehead atoms. The lowest BCUT2D eigenvalue weighted by Gasteiger charge is -2.24. The van der Waals surface area contributed by atoms with E-state index in [9.17, 15) is 19.8 Å². The summed E-state index contributed by atoms with van der Waals surface area (Å²) in [7, 11) is 0. The summed E-state index contributed by atoms with van der Waals surface area (Å²) in [5, 5.41) is 21.7. The second kappa shape index (κ2) is 7.91. The minimum absolute atomic E-state index is 0.0453. The first-order chi connectivity index (χ1) is 12.5. The number of benzene rings is 2. The number of phenols is 2. The molecule has 1 atom stereocenters. The van der Waals surface area contributed by atoms with Crippen LogP contribution in [0.5, 0.6) is 11.5 Å². The summed E-state index contributed by atoms with van der Waals surface area (Å²) in [4.78, 5) is 26.7. The SMILES string of the molecule is O=C(NCc1ccc(O)c(O)c1)C1CCCN1C(=O)Cc1ccccc1. The summed E-state index contributed by atoms with van der Waals surface area (Å²) in [5.74, 6) is -0.668. The standard InChI is InChI=1S/C20H22N2O4/c23-17-9-8-15(11-18(17)24)13-21-20(26)16-7-4-10-22(16)19(25)12-14-5-2-1-3-6-14/h1-3,5-6,8-9,11,16,23-24H,4,7,10,12-13H2,(H,21,26). The van der Waals surface area contributed by atoms with E-state index < -0.39 is 6.04 Å². The van der Waals surface area contributed by atoms with Crippen LogP contribution in [0, 0.1) is 0 Å². The Labute approximate surface area is 152 Å². The minimum atomic E-state index is -0.461. The van der Waals surface area contributed by atoms with Gasteiger partial charge in [-0.15, -0.1) is 0 Å². The van der Waals surface area contributed by atoms with Gasteiger partial charge >= 0.3 is 0 Å². The van der Waals surface area contributed by atoms with Crippen LogP contribution in [-0.2, 0) is 22.6 Å². The summed E-state index contributed by atoms with van der Waals surface area (Å²) in [6.07, 6.45) is 1.74. The van der Waals surface area contributed by atoms with E-state index in [1.54, 1.807) is 11.0 Å². The molecule has 2 amide bonds. The van der Waals surface area contributed by atoms with E-state index in [1.807, 2.05) is 30.3 Å². The van der Waals surface area contributed by atoms with E-state index in [1.165, 1.54) is 12.1 Å². The summed E-state index contributed by atoms with van der Waals surface area (Å²) < 4.78 is 0. The monoisotopic (exact) mass is 354 g/mol. The molecule has 0 aromatic heterocycles. The average Bonchev–Trinajstić information content (AvgIpc) is 3.13. The molecule has 1 fully saturated rings. The van der Waals surface area contributed by atoms with Crippen LogP contribution in [-0.4, -0.2) is 39.5 Å². The summed E-state index contributed by atoms with van der Waals surface area (Å²) >= 11 is 0. The Hall–Kier alpha value is -3.02. The van der Waals surface area contributed by atoms with Gasteiger partial charge < -0.3 is 20.4 Å². The maximum Gasteiger partial charge on any atom is 0.243 e. The number of rotatable bonds is 5. The second-order valence-corrected chi connectivity index (χ2v) is 6.45. The smallest absolute Gasteiger partial charge is 0.243 e. The van der Waals surface area contributed by atoms with E-state index in [0.29, 0.717) is 18.5 Å². The Balaban J connectivity index is 1.59. The van der Waals surface area contributed by atoms with Crippen molar-refractivity contribution < 1.29 is 19.8 Å². The topological polar surface area (TPSA) is 89.9 Å². The van der Waals surface area contributed by atoms with Crippen LogP contribution in [0.3, 0.4) is 0 Å². The fourth-order valence-electron chi connectivity index (χ4n) is 3.20. The van der Waals surface area contributed by atoms with E-state index in [4.69, 9.17) is 0 Å². The highest BCUT2D eigenvalue weighted by Crippen LogP contribution is 2.25. The number of nitrogens with zero attached hydrogens (tertiary/aromatic N) is 1. The number of nitrogens with one attached hydrogen (secondary N) is 1. The molecule has 1 aliphatic rings. The van der Waals surface area contributed by atoms with Crippen molar-refractivity contribution in [2.24, 2.45) is 0 Å². The van der Waals surface area contributed by atoms with E-state index in [2.05, 4.69) is 5.32 Å². The van der Waals surface area contributed by atoms with Gasteiger partial charge in [-0.1, -0.05) is 36.4 Å². The molecule has 3 N–H and O–H groups in total. The predicted octanol–water partition coefficient (Wildman–Crippen LogP) is 1.95. The van der Waals surface area contributed by atoms with Gasteiger partial charge in [0.05, 0.1) is 6.42 Å². The molecular weight excluding hydrogens is 332 g/mol. The molecule has 2 aromatic rings. The number of carbonyl (C=O) groups excluding carboxylic acids is 2. The number of amides is 2. The van der Waals surface area contributed by atoms with Crippen LogP contribution in [0.15, 0.2) is 48.5 Å². The fraction of sp³-hybridized carbons (Fsp3) is 0.300. The largest absolute Gasteiger partial charge is 0.504 e. The van der Waals surface area contributed by atoms with E-state index >= 15 is 0 Å². The normalized spacial score (nSPS) is 16.5. The highest BCUT2D eigenvalue weighted by Gasteiger charge is 2.33. The van der Waals surface area contributed by atoms with Gasteiger partial charge in [-0.25, -0.2) is 0 Å². The number of hydrogen-bond donors (Lipinski definition) is 3. The van der Waals surface area contributed by atoms with E-state index in [0.717, 1.165) is 12.0 Å². The van der Waals surface area contributed by atoms with Crippen LogP contribution >= 0.6 is 0 Å². The molecule has 1 aliphatic heterocycles. The molecular formula is C20H22N2O4. The third-order valence-corrected chi connectivity index (χ3v) is 4.58. The Morgan fingerprint density at radius 3 is 2.54 bits per heavy atom. The van der Waals surface area contributed by atoms with Gasteiger partial charge in [0, 0.05) is 13.1 Å². The second-order valence-electron chi connectivity index (χ2n) is 6.45. The Bertz CT molecular complexity index is 792. The fourth-order valence-corrected chi connectivity index (χ4v) is 3.20. The van der Waals surface area contributed by atoms with Crippen molar-refractivity contribution in [3.63, 3.8) is 0 Å². The lowest BCUT2D eigenvalue weighted by Crippen LogP contribution is -2.46. The van der Waals surface area contributed by atoms with Crippen molar-refractivity contribution in [3.05, 3.63) is 59.7 Å². The van der Waals surface area contributed by atoms with Crippen molar-refractivity contribution in [2.75, 3.05) is 6.54 Å². The Morgan fingerprint density at radius 1 is 1.04 bits per heavy atom. The quantitative estimate of drug-likeness (QED) is 0.716. The molecule has 0 radical (unpaired) electrons. The van der Waals surface area contributed by atoms with Gasteiger partial charge in [-0.05, 0) is 36.1 Å². The molecule has 0 saturated carbocycles. The molecule has 2 aromatic carbocycles. The van der Waals surface area contributed by atoms with Gasteiger partial charge in [-0.3, -0.25) is 9.59 Å². The predicted molar refractivity (Wildman–Crippen MR) is 96.5 cm³/mol. The molecule has 0 aliphatic carbocycles. The van der Waals surface area contributed by atoms with Crippen LogP contribution in [0.1, 0.15) is 24.0 Å². The van der Waals surface area contributed by atoms with Crippen molar-refractivity contribution in [3.8, 4) is 11.5 Å². The molecule has 0 spiro atoms. The molecule has 3 rings (SSSR count). The van der Waals surface area contributed by atoms with Crippen molar-refractivity contribution >= 4 is 11.8 Å². The van der Waals surface area contributed by atoms with Crippen molar-refractivity contribution in [1.82, 2.24) is 10.2 Å². The molecule has 6 heteroatoms. The third kappa shape index (κ3) is 4.14. The molecule has 1 heterocycles.